The first-order chi connectivity index (χ1) is 5.81. The summed E-state index contributed by atoms with van der Waals surface area (Å²) in [6.45, 7) is 2.20. The predicted octanol–water partition coefficient (Wildman–Crippen LogP) is 1.87. The highest BCUT2D eigenvalue weighted by molar-refractivity contribution is 4.84. The monoisotopic (exact) mass is 172 g/mol. The van der Waals surface area contributed by atoms with Crippen molar-refractivity contribution in [3.05, 3.63) is 12.2 Å². The van der Waals surface area contributed by atoms with Crippen LogP contribution in [0.25, 0.3) is 0 Å². The number of hydrogen-bond donors (Lipinski definition) is 2. The minimum atomic E-state index is -0.274. The molecule has 2 heteroatoms. The smallest absolute Gasteiger partial charge is 0.0720 e. The van der Waals surface area contributed by atoms with Gasteiger partial charge in [0.25, 0.3) is 0 Å². The zero-order chi connectivity index (χ0) is 9.23. The Bertz CT molecular complexity index is 110. The van der Waals surface area contributed by atoms with Gasteiger partial charge in [0.1, 0.15) is 0 Å². The number of aliphatic hydroxyl groups excluding tert-OH is 2. The molecule has 0 saturated carbocycles. The fourth-order valence-electron chi connectivity index (χ4n) is 1.14. The Morgan fingerprint density at radius 3 is 2.42 bits per heavy atom. The quantitative estimate of drug-likeness (QED) is 0.454. The highest BCUT2D eigenvalue weighted by Crippen LogP contribution is 2.06. The summed E-state index contributed by atoms with van der Waals surface area (Å²) in [4.78, 5) is 0. The average Bonchev–Trinajstić information content (AvgIpc) is 2.05. The summed E-state index contributed by atoms with van der Waals surface area (Å²) in [5, 5.41) is 17.8. The number of unbranched alkanes of at least 4 members (excludes halogenated alkanes) is 3. The van der Waals surface area contributed by atoms with E-state index in [4.69, 9.17) is 5.11 Å². The molecule has 0 aromatic carbocycles. The van der Waals surface area contributed by atoms with Gasteiger partial charge < -0.3 is 10.2 Å². The lowest BCUT2D eigenvalue weighted by atomic mass is 10.1. The summed E-state index contributed by atoms with van der Waals surface area (Å²) < 4.78 is 0. The Kier molecular flexibility index (Phi) is 8.51. The molecule has 0 spiro atoms. The van der Waals surface area contributed by atoms with Gasteiger partial charge in [0.2, 0.25) is 0 Å². The maximum Gasteiger partial charge on any atom is 0.0720 e. The third-order valence-corrected chi connectivity index (χ3v) is 1.82. The van der Waals surface area contributed by atoms with E-state index in [0.29, 0.717) is 0 Å². The van der Waals surface area contributed by atoms with Gasteiger partial charge in [0, 0.05) is 6.61 Å². The molecule has 0 aliphatic heterocycles. The van der Waals surface area contributed by atoms with E-state index in [1.807, 2.05) is 19.1 Å². The van der Waals surface area contributed by atoms with E-state index in [-0.39, 0.29) is 12.7 Å². The largest absolute Gasteiger partial charge is 0.396 e. The van der Waals surface area contributed by atoms with Crippen LogP contribution in [-0.2, 0) is 0 Å². The lowest BCUT2D eigenvalue weighted by molar-refractivity contribution is 0.207. The highest BCUT2D eigenvalue weighted by atomic mass is 16.3. The molecule has 0 amide bonds. The second kappa shape index (κ2) is 8.75. The Labute approximate surface area is 74.9 Å². The molecule has 12 heavy (non-hydrogen) atoms. The van der Waals surface area contributed by atoms with Gasteiger partial charge in [-0.25, -0.2) is 0 Å². The molecule has 1 atom stereocenters. The van der Waals surface area contributed by atoms with Crippen LogP contribution in [0, 0.1) is 0 Å². The molecule has 0 fully saturated rings. The van der Waals surface area contributed by atoms with Crippen molar-refractivity contribution in [3.63, 3.8) is 0 Å². The third kappa shape index (κ3) is 7.76. The Balaban J connectivity index is 3.08. The Morgan fingerprint density at radius 1 is 1.17 bits per heavy atom. The van der Waals surface area contributed by atoms with Gasteiger partial charge in [-0.1, -0.05) is 31.4 Å². The molecule has 0 unspecified atom stereocenters. The van der Waals surface area contributed by atoms with Crippen molar-refractivity contribution in [2.75, 3.05) is 6.61 Å². The molecular formula is C10H20O2. The molecule has 0 heterocycles. The second-order valence-electron chi connectivity index (χ2n) is 3.02. The van der Waals surface area contributed by atoms with Gasteiger partial charge in [-0.3, -0.25) is 0 Å². The van der Waals surface area contributed by atoms with Crippen LogP contribution in [0.1, 0.15) is 39.0 Å². The van der Waals surface area contributed by atoms with Crippen LogP contribution in [0.15, 0.2) is 12.2 Å². The van der Waals surface area contributed by atoms with E-state index in [1.54, 1.807) is 0 Å². The van der Waals surface area contributed by atoms with E-state index < -0.39 is 0 Å². The van der Waals surface area contributed by atoms with Crippen molar-refractivity contribution in [1.82, 2.24) is 0 Å². The maximum absolute atomic E-state index is 9.27. The standard InChI is InChI=1S/C10H20O2/c1-2-7-10(12)8-5-3-4-6-9-11/h2,7,10-12H,3-6,8-9H2,1H3/b7-2+/t10-/m1/s1. The summed E-state index contributed by atoms with van der Waals surface area (Å²) in [6, 6.07) is 0. The van der Waals surface area contributed by atoms with Crippen molar-refractivity contribution in [2.24, 2.45) is 0 Å². The minimum Gasteiger partial charge on any atom is -0.396 e. The van der Waals surface area contributed by atoms with Crippen LogP contribution in [-0.4, -0.2) is 22.9 Å². The van der Waals surface area contributed by atoms with Crippen LogP contribution >= 0.6 is 0 Å². The lowest BCUT2D eigenvalue weighted by Crippen LogP contribution is -2.01. The zero-order valence-electron chi connectivity index (χ0n) is 7.87. The molecular weight excluding hydrogens is 152 g/mol. The Morgan fingerprint density at radius 2 is 1.83 bits per heavy atom. The summed E-state index contributed by atoms with van der Waals surface area (Å²) >= 11 is 0. The summed E-state index contributed by atoms with van der Waals surface area (Å²) in [5.74, 6) is 0. The molecule has 0 aliphatic rings. The number of allylic oxidation sites excluding steroid dienone is 1. The normalized spacial score (nSPS) is 13.9. The van der Waals surface area contributed by atoms with Crippen LogP contribution in [0.3, 0.4) is 0 Å². The van der Waals surface area contributed by atoms with Crippen molar-refractivity contribution in [1.29, 1.82) is 0 Å². The van der Waals surface area contributed by atoms with Crippen molar-refractivity contribution < 1.29 is 10.2 Å². The molecule has 0 bridgehead atoms. The Hall–Kier alpha value is -0.340. The molecule has 0 aliphatic carbocycles. The highest BCUT2D eigenvalue weighted by Gasteiger charge is 1.97. The molecule has 0 saturated heterocycles. The molecule has 0 radical (unpaired) electrons. The van der Waals surface area contributed by atoms with Crippen LogP contribution in [0.5, 0.6) is 0 Å². The SMILES string of the molecule is C/C=C/[C@@H](O)CCCCCCO. The van der Waals surface area contributed by atoms with E-state index in [1.165, 1.54) is 0 Å². The number of aliphatic hydroxyl groups is 2. The third-order valence-electron chi connectivity index (χ3n) is 1.82. The van der Waals surface area contributed by atoms with Gasteiger partial charge in [-0.2, -0.15) is 0 Å². The first kappa shape index (κ1) is 11.7. The topological polar surface area (TPSA) is 40.5 Å². The fourth-order valence-corrected chi connectivity index (χ4v) is 1.14. The average molecular weight is 172 g/mol. The summed E-state index contributed by atoms with van der Waals surface area (Å²) in [6.07, 6.45) is 8.36. The van der Waals surface area contributed by atoms with Gasteiger partial charge in [0.05, 0.1) is 6.10 Å². The molecule has 2 nitrogen and oxygen atoms in total. The van der Waals surface area contributed by atoms with Gasteiger partial charge in [0.15, 0.2) is 0 Å². The van der Waals surface area contributed by atoms with E-state index in [2.05, 4.69) is 0 Å². The van der Waals surface area contributed by atoms with Gasteiger partial charge >= 0.3 is 0 Å². The fraction of sp³-hybridized carbons (Fsp3) is 0.800. The van der Waals surface area contributed by atoms with E-state index >= 15 is 0 Å². The first-order valence-electron chi connectivity index (χ1n) is 4.73. The molecule has 0 aromatic rings. The lowest BCUT2D eigenvalue weighted by Gasteiger charge is -2.03. The van der Waals surface area contributed by atoms with Crippen molar-refractivity contribution >= 4 is 0 Å². The maximum atomic E-state index is 9.27. The van der Waals surface area contributed by atoms with E-state index in [9.17, 15) is 5.11 Å². The van der Waals surface area contributed by atoms with Crippen LogP contribution < -0.4 is 0 Å². The summed E-state index contributed by atoms with van der Waals surface area (Å²) in [7, 11) is 0. The number of hydrogen-bond acceptors (Lipinski definition) is 2. The molecule has 72 valence electrons. The molecule has 0 rings (SSSR count). The van der Waals surface area contributed by atoms with Crippen LogP contribution in [0.4, 0.5) is 0 Å². The van der Waals surface area contributed by atoms with E-state index in [0.717, 1.165) is 32.1 Å². The van der Waals surface area contributed by atoms with Gasteiger partial charge in [-0.15, -0.1) is 0 Å². The minimum absolute atomic E-state index is 0.274. The zero-order valence-corrected chi connectivity index (χ0v) is 7.87. The molecule has 0 aromatic heterocycles. The van der Waals surface area contributed by atoms with Crippen molar-refractivity contribution in [3.8, 4) is 0 Å². The van der Waals surface area contributed by atoms with Crippen LogP contribution in [0.2, 0.25) is 0 Å². The second-order valence-corrected chi connectivity index (χ2v) is 3.02. The van der Waals surface area contributed by atoms with Crippen molar-refractivity contribution in [2.45, 2.75) is 45.1 Å². The number of rotatable bonds is 7. The molecule has 2 N–H and O–H groups in total. The van der Waals surface area contributed by atoms with Gasteiger partial charge in [-0.05, 0) is 19.8 Å². The summed E-state index contributed by atoms with van der Waals surface area (Å²) in [5.41, 5.74) is 0. The predicted molar refractivity (Wildman–Crippen MR) is 51.0 cm³/mol. The first-order valence-corrected chi connectivity index (χ1v) is 4.73.